The first-order valence-electron chi connectivity index (χ1n) is 5.44. The van der Waals surface area contributed by atoms with E-state index in [2.05, 4.69) is 5.43 Å². The van der Waals surface area contributed by atoms with E-state index in [0.29, 0.717) is 5.88 Å². The number of nitrogens with one attached hydrogen (secondary N) is 1. The van der Waals surface area contributed by atoms with Gasteiger partial charge in [0.05, 0.1) is 0 Å². The average Bonchev–Trinajstić information content (AvgIpc) is 2.27. The van der Waals surface area contributed by atoms with Gasteiger partial charge in [0.2, 0.25) is 0 Å². The highest BCUT2D eigenvalue weighted by atomic mass is 35.5. The van der Waals surface area contributed by atoms with E-state index < -0.39 is 0 Å². The molecule has 1 aromatic carbocycles. The molecule has 0 spiro atoms. The second kappa shape index (κ2) is 6.84. The molecular formula is C12H18ClFN2. The monoisotopic (exact) mass is 244 g/mol. The molecule has 0 aromatic heterocycles. The molecule has 0 fully saturated rings. The summed E-state index contributed by atoms with van der Waals surface area (Å²) in [7, 11) is 0. The van der Waals surface area contributed by atoms with E-state index in [1.54, 1.807) is 6.07 Å². The highest BCUT2D eigenvalue weighted by molar-refractivity contribution is 6.17. The molecule has 0 radical (unpaired) electrons. The number of hydrogen-bond donors (Lipinski definition) is 2. The van der Waals surface area contributed by atoms with E-state index in [1.165, 1.54) is 6.07 Å². The molecule has 0 aliphatic carbocycles. The molecule has 0 bridgehead atoms. The normalized spacial score (nSPS) is 12.8. The summed E-state index contributed by atoms with van der Waals surface area (Å²) in [6.07, 6.45) is 2.66. The van der Waals surface area contributed by atoms with Gasteiger partial charge in [-0.1, -0.05) is 6.07 Å². The van der Waals surface area contributed by atoms with Gasteiger partial charge in [0.1, 0.15) is 5.82 Å². The largest absolute Gasteiger partial charge is 0.271 e. The number of nitrogens with two attached hydrogens (primary N) is 1. The Morgan fingerprint density at radius 3 is 2.81 bits per heavy atom. The van der Waals surface area contributed by atoms with Crippen LogP contribution in [0.2, 0.25) is 0 Å². The van der Waals surface area contributed by atoms with Crippen molar-refractivity contribution < 1.29 is 4.39 Å². The molecule has 0 saturated carbocycles. The molecule has 1 rings (SSSR count). The summed E-state index contributed by atoms with van der Waals surface area (Å²) in [6.45, 7) is 1.91. The molecule has 0 aliphatic heterocycles. The number of halogens is 2. The van der Waals surface area contributed by atoms with E-state index in [0.717, 1.165) is 30.4 Å². The zero-order valence-corrected chi connectivity index (χ0v) is 10.2. The fraction of sp³-hybridized carbons (Fsp3) is 0.500. The van der Waals surface area contributed by atoms with Crippen molar-refractivity contribution in [1.82, 2.24) is 5.43 Å². The van der Waals surface area contributed by atoms with Crippen molar-refractivity contribution >= 4 is 11.6 Å². The van der Waals surface area contributed by atoms with Crippen LogP contribution >= 0.6 is 11.6 Å². The smallest absolute Gasteiger partial charge is 0.123 e. The van der Waals surface area contributed by atoms with Gasteiger partial charge in [-0.05, 0) is 49.4 Å². The quantitative estimate of drug-likeness (QED) is 0.459. The van der Waals surface area contributed by atoms with Crippen LogP contribution < -0.4 is 11.3 Å². The Labute approximate surface area is 101 Å². The van der Waals surface area contributed by atoms with Crippen molar-refractivity contribution in [3.05, 3.63) is 35.1 Å². The lowest BCUT2D eigenvalue weighted by Gasteiger charge is -2.16. The number of rotatable bonds is 6. The third-order valence-corrected chi connectivity index (χ3v) is 2.96. The van der Waals surface area contributed by atoms with E-state index >= 15 is 0 Å². The Hall–Kier alpha value is -0.640. The van der Waals surface area contributed by atoms with Crippen LogP contribution in [0.4, 0.5) is 4.39 Å². The van der Waals surface area contributed by atoms with Crippen LogP contribution in [0.5, 0.6) is 0 Å². The second-order valence-electron chi connectivity index (χ2n) is 3.97. The maximum atomic E-state index is 12.9. The third kappa shape index (κ3) is 4.08. The fourth-order valence-electron chi connectivity index (χ4n) is 1.72. The lowest BCUT2D eigenvalue weighted by molar-refractivity contribution is 0.486. The second-order valence-corrected chi connectivity index (χ2v) is 4.35. The Morgan fingerprint density at radius 2 is 2.25 bits per heavy atom. The number of hydrogen-bond acceptors (Lipinski definition) is 2. The van der Waals surface area contributed by atoms with Gasteiger partial charge in [-0.3, -0.25) is 11.3 Å². The summed E-state index contributed by atoms with van der Waals surface area (Å²) in [6, 6.07) is 5.04. The van der Waals surface area contributed by atoms with Crippen LogP contribution in [-0.2, 0) is 6.42 Å². The summed E-state index contributed by atoms with van der Waals surface area (Å²) in [4.78, 5) is 0. The molecular weight excluding hydrogens is 227 g/mol. The first-order valence-corrected chi connectivity index (χ1v) is 5.98. The number of hydrazine groups is 1. The Balaban J connectivity index is 2.62. The predicted molar refractivity (Wildman–Crippen MR) is 65.9 cm³/mol. The third-order valence-electron chi connectivity index (χ3n) is 2.69. The van der Waals surface area contributed by atoms with Crippen molar-refractivity contribution in [2.24, 2.45) is 5.84 Å². The lowest BCUT2D eigenvalue weighted by atomic mass is 9.99. The van der Waals surface area contributed by atoms with Gasteiger partial charge in [-0.2, -0.15) is 0 Å². The van der Waals surface area contributed by atoms with Crippen LogP contribution in [-0.4, -0.2) is 11.9 Å². The summed E-state index contributed by atoms with van der Waals surface area (Å²) < 4.78 is 12.9. The molecule has 0 amide bonds. The van der Waals surface area contributed by atoms with Crippen molar-refractivity contribution in [2.75, 3.05) is 5.88 Å². The molecule has 16 heavy (non-hydrogen) atoms. The molecule has 90 valence electrons. The first kappa shape index (κ1) is 13.4. The van der Waals surface area contributed by atoms with Crippen LogP contribution in [0.25, 0.3) is 0 Å². The molecule has 0 saturated heterocycles. The minimum Gasteiger partial charge on any atom is -0.271 e. The summed E-state index contributed by atoms with van der Waals surface area (Å²) in [5, 5.41) is 0. The molecule has 2 nitrogen and oxygen atoms in total. The van der Waals surface area contributed by atoms with E-state index in [4.69, 9.17) is 17.4 Å². The van der Waals surface area contributed by atoms with Gasteiger partial charge >= 0.3 is 0 Å². The maximum absolute atomic E-state index is 12.9. The molecule has 0 heterocycles. The van der Waals surface area contributed by atoms with Crippen molar-refractivity contribution in [3.8, 4) is 0 Å². The highest BCUT2D eigenvalue weighted by Gasteiger charge is 2.09. The van der Waals surface area contributed by atoms with E-state index in [9.17, 15) is 4.39 Å². The minimum absolute atomic E-state index is 0.195. The molecule has 1 aromatic rings. The van der Waals surface area contributed by atoms with Crippen LogP contribution in [0, 0.1) is 12.7 Å². The molecule has 1 unspecified atom stereocenters. The van der Waals surface area contributed by atoms with Crippen LogP contribution in [0.1, 0.15) is 24.0 Å². The first-order chi connectivity index (χ1) is 7.67. The van der Waals surface area contributed by atoms with Gasteiger partial charge in [-0.15, -0.1) is 11.6 Å². The molecule has 4 heteroatoms. The lowest BCUT2D eigenvalue weighted by Crippen LogP contribution is -2.37. The predicted octanol–water partition coefficient (Wildman–Crippen LogP) is 2.53. The van der Waals surface area contributed by atoms with Gasteiger partial charge in [0, 0.05) is 11.9 Å². The SMILES string of the molecule is Cc1cc(F)ccc1CC(CCCCl)NN. The van der Waals surface area contributed by atoms with Gasteiger partial charge in [0.15, 0.2) is 0 Å². The number of aryl methyl sites for hydroxylation is 1. The van der Waals surface area contributed by atoms with Crippen molar-refractivity contribution in [1.29, 1.82) is 0 Å². The summed E-state index contributed by atoms with van der Waals surface area (Å²) >= 11 is 5.64. The average molecular weight is 245 g/mol. The minimum atomic E-state index is -0.195. The van der Waals surface area contributed by atoms with Crippen molar-refractivity contribution in [3.63, 3.8) is 0 Å². The summed E-state index contributed by atoms with van der Waals surface area (Å²) in [5.74, 6) is 5.92. The maximum Gasteiger partial charge on any atom is 0.123 e. The van der Waals surface area contributed by atoms with E-state index in [-0.39, 0.29) is 11.9 Å². The van der Waals surface area contributed by atoms with E-state index in [1.807, 2.05) is 13.0 Å². The van der Waals surface area contributed by atoms with Crippen molar-refractivity contribution in [2.45, 2.75) is 32.2 Å². The zero-order chi connectivity index (χ0) is 12.0. The Kier molecular flexibility index (Phi) is 5.74. The van der Waals surface area contributed by atoms with Crippen LogP contribution in [0.3, 0.4) is 0 Å². The number of alkyl halides is 1. The Bertz CT molecular complexity index is 331. The summed E-state index contributed by atoms with van der Waals surface area (Å²) in [5.41, 5.74) is 4.86. The zero-order valence-electron chi connectivity index (χ0n) is 9.47. The Morgan fingerprint density at radius 1 is 1.50 bits per heavy atom. The molecule has 3 N–H and O–H groups in total. The highest BCUT2D eigenvalue weighted by Crippen LogP contribution is 2.14. The van der Waals surface area contributed by atoms with Crippen LogP contribution in [0.15, 0.2) is 18.2 Å². The van der Waals surface area contributed by atoms with Gasteiger partial charge < -0.3 is 0 Å². The topological polar surface area (TPSA) is 38.0 Å². The number of benzene rings is 1. The molecule has 0 aliphatic rings. The standard InChI is InChI=1S/C12H18ClFN2/c1-9-7-11(14)5-4-10(9)8-12(16-15)3-2-6-13/h4-5,7,12,16H,2-3,6,8,15H2,1H3. The van der Waals surface area contributed by atoms with Gasteiger partial charge in [-0.25, -0.2) is 4.39 Å². The van der Waals surface area contributed by atoms with Gasteiger partial charge in [0.25, 0.3) is 0 Å². The molecule has 1 atom stereocenters. The fourth-order valence-corrected chi connectivity index (χ4v) is 1.88.